The zero-order chi connectivity index (χ0) is 15.0. The molecule has 5 nitrogen and oxygen atoms in total. The highest BCUT2D eigenvalue weighted by atomic mass is 32.1. The number of para-hydroxylation sites is 2. The van der Waals surface area contributed by atoms with Crippen LogP contribution >= 0.6 is 12.2 Å². The topological polar surface area (TPSA) is 53.6 Å². The number of anilines is 1. The quantitative estimate of drug-likeness (QED) is 0.785. The first kappa shape index (κ1) is 16.2. The summed E-state index contributed by atoms with van der Waals surface area (Å²) in [5, 5.41) is 6.46. The van der Waals surface area contributed by atoms with Crippen molar-refractivity contribution in [3.05, 3.63) is 24.3 Å². The number of hydrogen-bond donors (Lipinski definition) is 2. The minimum Gasteiger partial charge on any atom is -0.495 e. The lowest BCUT2D eigenvalue weighted by molar-refractivity contribution is -0.116. The molecule has 20 heavy (non-hydrogen) atoms. The molecule has 0 atom stereocenters. The third-order valence-corrected chi connectivity index (χ3v) is 3.12. The number of ether oxygens (including phenoxy) is 1. The number of thiocarbonyl (C=S) groups is 1. The van der Waals surface area contributed by atoms with Gasteiger partial charge in [0.2, 0.25) is 5.91 Å². The Kier molecular flexibility index (Phi) is 6.79. The summed E-state index contributed by atoms with van der Waals surface area (Å²) in [4.78, 5) is 13.9. The summed E-state index contributed by atoms with van der Waals surface area (Å²) in [5.41, 5.74) is 0.658. The lowest BCUT2D eigenvalue weighted by Crippen LogP contribution is -2.43. The number of hydrogen-bond acceptors (Lipinski definition) is 3. The molecule has 0 aliphatic carbocycles. The van der Waals surface area contributed by atoms with Crippen molar-refractivity contribution in [2.45, 2.75) is 13.8 Å². The van der Waals surface area contributed by atoms with Gasteiger partial charge in [0.05, 0.1) is 19.3 Å². The fourth-order valence-corrected chi connectivity index (χ4v) is 2.04. The van der Waals surface area contributed by atoms with Gasteiger partial charge >= 0.3 is 0 Å². The van der Waals surface area contributed by atoms with Crippen molar-refractivity contribution in [3.8, 4) is 5.75 Å². The van der Waals surface area contributed by atoms with E-state index in [4.69, 9.17) is 17.0 Å². The van der Waals surface area contributed by atoms with E-state index in [0.717, 1.165) is 6.54 Å². The van der Waals surface area contributed by atoms with Crippen LogP contribution in [0.5, 0.6) is 5.75 Å². The van der Waals surface area contributed by atoms with Crippen molar-refractivity contribution >= 4 is 28.9 Å². The van der Waals surface area contributed by atoms with E-state index < -0.39 is 0 Å². The van der Waals surface area contributed by atoms with E-state index in [0.29, 0.717) is 23.1 Å². The lowest BCUT2D eigenvalue weighted by Gasteiger charge is -2.23. The molecule has 1 aromatic rings. The predicted octanol–water partition coefficient (Wildman–Crippen LogP) is 1.85. The average molecular weight is 295 g/mol. The second-order valence-electron chi connectivity index (χ2n) is 4.10. The standard InChI is InChI=1S/C14H21N3O2S/c1-4-15-14(20)17(5-2)10-13(18)16-11-8-6-7-9-12(11)19-3/h6-9H,4-5,10H2,1-3H3,(H,15,20)(H,16,18). The third-order valence-electron chi connectivity index (χ3n) is 2.71. The van der Waals surface area contributed by atoms with Gasteiger partial charge in [0.25, 0.3) is 0 Å². The maximum atomic E-state index is 12.1. The van der Waals surface area contributed by atoms with Crippen molar-refractivity contribution in [1.82, 2.24) is 10.2 Å². The van der Waals surface area contributed by atoms with Crippen molar-refractivity contribution < 1.29 is 9.53 Å². The smallest absolute Gasteiger partial charge is 0.244 e. The van der Waals surface area contributed by atoms with Crippen LogP contribution in [-0.4, -0.2) is 42.7 Å². The molecule has 0 saturated carbocycles. The summed E-state index contributed by atoms with van der Waals surface area (Å²) in [7, 11) is 1.57. The van der Waals surface area contributed by atoms with Gasteiger partial charge in [-0.2, -0.15) is 0 Å². The zero-order valence-electron chi connectivity index (χ0n) is 12.1. The van der Waals surface area contributed by atoms with E-state index in [1.54, 1.807) is 19.2 Å². The second-order valence-corrected chi connectivity index (χ2v) is 4.48. The monoisotopic (exact) mass is 295 g/mol. The van der Waals surface area contributed by atoms with Crippen LogP contribution in [0.4, 0.5) is 5.69 Å². The number of carbonyl (C=O) groups excluding carboxylic acids is 1. The van der Waals surface area contributed by atoms with Crippen LogP contribution in [0.15, 0.2) is 24.3 Å². The van der Waals surface area contributed by atoms with Crippen molar-refractivity contribution in [1.29, 1.82) is 0 Å². The van der Waals surface area contributed by atoms with Gasteiger partial charge in [-0.1, -0.05) is 12.1 Å². The Morgan fingerprint density at radius 3 is 2.65 bits per heavy atom. The summed E-state index contributed by atoms with van der Waals surface area (Å²) in [5.74, 6) is 0.509. The first-order valence-corrected chi connectivity index (χ1v) is 6.98. The second kappa shape index (κ2) is 8.37. The third kappa shape index (κ3) is 4.70. The molecule has 6 heteroatoms. The van der Waals surface area contributed by atoms with Crippen LogP contribution in [0.1, 0.15) is 13.8 Å². The van der Waals surface area contributed by atoms with Gasteiger partial charge in [0.15, 0.2) is 5.11 Å². The van der Waals surface area contributed by atoms with Crippen LogP contribution in [0.25, 0.3) is 0 Å². The SMILES string of the molecule is CCNC(=S)N(CC)CC(=O)Nc1ccccc1OC. The number of likely N-dealkylation sites (N-methyl/N-ethyl adjacent to an activating group) is 1. The molecule has 0 unspecified atom stereocenters. The summed E-state index contributed by atoms with van der Waals surface area (Å²) >= 11 is 5.22. The van der Waals surface area contributed by atoms with Gasteiger partial charge in [-0.05, 0) is 38.2 Å². The minimum atomic E-state index is -0.128. The summed E-state index contributed by atoms with van der Waals surface area (Å²) in [6, 6.07) is 7.30. The highest BCUT2D eigenvalue weighted by Gasteiger charge is 2.13. The molecule has 0 heterocycles. The van der Waals surface area contributed by atoms with E-state index in [2.05, 4.69) is 10.6 Å². The number of nitrogens with zero attached hydrogens (tertiary/aromatic N) is 1. The Labute approximate surface area is 125 Å². The van der Waals surface area contributed by atoms with Crippen molar-refractivity contribution in [2.75, 3.05) is 32.1 Å². The van der Waals surface area contributed by atoms with Crippen LogP contribution in [-0.2, 0) is 4.79 Å². The molecule has 1 rings (SSSR count). The number of nitrogens with one attached hydrogen (secondary N) is 2. The molecular formula is C14H21N3O2S. The van der Waals surface area contributed by atoms with E-state index in [9.17, 15) is 4.79 Å². The maximum absolute atomic E-state index is 12.1. The summed E-state index contributed by atoms with van der Waals surface area (Å²) in [6.07, 6.45) is 0. The molecule has 1 amide bonds. The zero-order valence-corrected chi connectivity index (χ0v) is 12.9. The van der Waals surface area contributed by atoms with E-state index >= 15 is 0 Å². The van der Waals surface area contributed by atoms with Gasteiger partial charge < -0.3 is 20.3 Å². The van der Waals surface area contributed by atoms with Gasteiger partial charge in [-0.15, -0.1) is 0 Å². The Bertz CT molecular complexity index is 465. The fraction of sp³-hybridized carbons (Fsp3) is 0.429. The van der Waals surface area contributed by atoms with Crippen LogP contribution in [0.2, 0.25) is 0 Å². The molecule has 2 N–H and O–H groups in total. The molecule has 1 aromatic carbocycles. The molecule has 0 spiro atoms. The van der Waals surface area contributed by atoms with Gasteiger partial charge in [-0.3, -0.25) is 4.79 Å². The Balaban J connectivity index is 2.64. The Morgan fingerprint density at radius 1 is 1.35 bits per heavy atom. The van der Waals surface area contributed by atoms with Gasteiger partial charge in [-0.25, -0.2) is 0 Å². The predicted molar refractivity (Wildman–Crippen MR) is 85.1 cm³/mol. The highest BCUT2D eigenvalue weighted by Crippen LogP contribution is 2.22. The van der Waals surface area contributed by atoms with E-state index in [-0.39, 0.29) is 12.5 Å². The number of rotatable bonds is 6. The van der Waals surface area contributed by atoms with Crippen molar-refractivity contribution in [2.24, 2.45) is 0 Å². The van der Waals surface area contributed by atoms with Crippen LogP contribution < -0.4 is 15.4 Å². The average Bonchev–Trinajstić information content (AvgIpc) is 2.45. The lowest BCUT2D eigenvalue weighted by atomic mass is 10.3. The normalized spacial score (nSPS) is 9.75. The Morgan fingerprint density at radius 2 is 2.05 bits per heavy atom. The number of amides is 1. The van der Waals surface area contributed by atoms with E-state index in [1.165, 1.54) is 0 Å². The van der Waals surface area contributed by atoms with Crippen LogP contribution in [0.3, 0.4) is 0 Å². The van der Waals surface area contributed by atoms with Crippen LogP contribution in [0, 0.1) is 0 Å². The summed E-state index contributed by atoms with van der Waals surface area (Å²) in [6.45, 7) is 5.55. The van der Waals surface area contributed by atoms with Gasteiger partial charge in [0, 0.05) is 13.1 Å². The first-order chi connectivity index (χ1) is 9.62. The van der Waals surface area contributed by atoms with E-state index in [1.807, 2.05) is 30.9 Å². The molecule has 0 aliphatic heterocycles. The number of methoxy groups -OCH3 is 1. The number of carbonyl (C=O) groups is 1. The molecule has 0 fully saturated rings. The summed E-state index contributed by atoms with van der Waals surface area (Å²) < 4.78 is 5.20. The van der Waals surface area contributed by atoms with Gasteiger partial charge in [0.1, 0.15) is 5.75 Å². The molecular weight excluding hydrogens is 274 g/mol. The molecule has 0 saturated heterocycles. The first-order valence-electron chi connectivity index (χ1n) is 6.58. The largest absolute Gasteiger partial charge is 0.495 e. The molecule has 0 bridgehead atoms. The highest BCUT2D eigenvalue weighted by molar-refractivity contribution is 7.80. The molecule has 110 valence electrons. The molecule has 0 aliphatic rings. The fourth-order valence-electron chi connectivity index (χ4n) is 1.70. The number of benzene rings is 1. The molecule has 0 radical (unpaired) electrons. The Hall–Kier alpha value is -1.82. The minimum absolute atomic E-state index is 0.128. The molecule has 0 aromatic heterocycles. The maximum Gasteiger partial charge on any atom is 0.244 e. The van der Waals surface area contributed by atoms with Crippen molar-refractivity contribution in [3.63, 3.8) is 0 Å².